The number of β-amino-alcohol motifs (C(OH)–C–C–N with tert-alkyl or cyclic N) is 1. The van der Waals surface area contributed by atoms with E-state index in [4.69, 9.17) is 4.52 Å². The number of aryl methyl sites for hydroxylation is 1. The third-order valence-corrected chi connectivity index (χ3v) is 7.57. The van der Waals surface area contributed by atoms with E-state index in [0.29, 0.717) is 19.5 Å². The van der Waals surface area contributed by atoms with Crippen LogP contribution in [0.1, 0.15) is 49.1 Å². The molecule has 2 aromatic rings. The Kier molecular flexibility index (Phi) is 5.36. The number of amides is 1. The van der Waals surface area contributed by atoms with Crippen molar-refractivity contribution in [2.24, 2.45) is 0 Å². The minimum absolute atomic E-state index is 0.0889. The van der Waals surface area contributed by atoms with E-state index in [1.165, 1.54) is 0 Å². The van der Waals surface area contributed by atoms with E-state index in [1.54, 1.807) is 0 Å². The molecule has 3 aliphatic rings. The summed E-state index contributed by atoms with van der Waals surface area (Å²) in [5.74, 6) is 0.876. The number of carbonyl (C=O) groups excluding carboxylic acids is 1. The number of aliphatic hydroxyl groups excluding tert-OH is 1. The molecule has 4 heterocycles. The topological polar surface area (TPSA) is 81.8 Å². The Morgan fingerprint density at radius 1 is 1.19 bits per heavy atom. The Morgan fingerprint density at radius 3 is 2.58 bits per heavy atom. The highest BCUT2D eigenvalue weighted by Gasteiger charge is 2.53. The number of carbonyl (C=O) groups is 1. The van der Waals surface area contributed by atoms with E-state index in [9.17, 15) is 9.90 Å². The third-order valence-electron chi connectivity index (χ3n) is 7.57. The molecule has 7 heteroatoms. The van der Waals surface area contributed by atoms with Gasteiger partial charge in [-0.25, -0.2) is 0 Å². The fraction of sp³-hybridized carbons (Fsp3) is 0.583. The molecule has 0 radical (unpaired) electrons. The van der Waals surface area contributed by atoms with E-state index in [0.717, 1.165) is 62.3 Å². The van der Waals surface area contributed by atoms with Gasteiger partial charge in [-0.1, -0.05) is 35.5 Å². The predicted octanol–water partition coefficient (Wildman–Crippen LogP) is 2.19. The van der Waals surface area contributed by atoms with E-state index in [2.05, 4.69) is 20.3 Å². The molecule has 1 amide bonds. The first-order valence-corrected chi connectivity index (χ1v) is 11.5. The van der Waals surface area contributed by atoms with Crippen LogP contribution in [0.4, 0.5) is 0 Å². The van der Waals surface area contributed by atoms with Gasteiger partial charge >= 0.3 is 0 Å². The molecule has 1 aromatic carbocycles. The molecule has 0 saturated carbocycles. The van der Waals surface area contributed by atoms with Crippen molar-refractivity contribution in [1.82, 2.24) is 20.3 Å². The van der Waals surface area contributed by atoms with E-state index in [-0.39, 0.29) is 5.91 Å². The van der Waals surface area contributed by atoms with Crippen LogP contribution in [0.25, 0.3) is 0 Å². The SMILES string of the molecule is Cc1cc(CN2CC[C@@](NC(=O)C34CCCN3CCC4)(c3ccccc3)[C@H](O)C2)no1. The fourth-order valence-electron chi connectivity index (χ4n) is 5.94. The molecule has 3 saturated heterocycles. The second kappa shape index (κ2) is 8.04. The third kappa shape index (κ3) is 3.58. The molecule has 0 spiro atoms. The van der Waals surface area contributed by atoms with Crippen molar-refractivity contribution in [2.75, 3.05) is 26.2 Å². The number of nitrogens with one attached hydrogen (secondary N) is 1. The molecule has 7 nitrogen and oxygen atoms in total. The minimum atomic E-state index is -0.778. The molecule has 3 fully saturated rings. The number of piperidine rings is 1. The first-order chi connectivity index (χ1) is 15.0. The molecule has 5 rings (SSSR count). The second-order valence-electron chi connectivity index (χ2n) is 9.45. The number of nitrogens with zero attached hydrogens (tertiary/aromatic N) is 3. The number of likely N-dealkylation sites (tertiary alicyclic amines) is 1. The molecule has 0 aliphatic carbocycles. The lowest BCUT2D eigenvalue weighted by Crippen LogP contribution is -2.65. The van der Waals surface area contributed by atoms with Crippen molar-refractivity contribution in [3.05, 3.63) is 53.4 Å². The molecular weight excluding hydrogens is 392 g/mol. The highest BCUT2D eigenvalue weighted by Crippen LogP contribution is 2.41. The summed E-state index contributed by atoms with van der Waals surface area (Å²) in [5.41, 5.74) is 0.677. The maximum Gasteiger partial charge on any atom is 0.241 e. The zero-order valence-electron chi connectivity index (χ0n) is 18.2. The highest BCUT2D eigenvalue weighted by atomic mass is 16.5. The molecular formula is C24H32N4O3. The average molecular weight is 425 g/mol. The number of aliphatic hydroxyl groups is 1. The first-order valence-electron chi connectivity index (χ1n) is 11.5. The Morgan fingerprint density at radius 2 is 1.94 bits per heavy atom. The van der Waals surface area contributed by atoms with Gasteiger partial charge in [-0.2, -0.15) is 0 Å². The normalized spacial score (nSPS) is 28.5. The highest BCUT2D eigenvalue weighted by molar-refractivity contribution is 5.88. The monoisotopic (exact) mass is 424 g/mol. The Bertz CT molecular complexity index is 920. The standard InChI is InChI=1S/C24H32N4O3/c1-18-15-20(26-31-18)16-27-14-11-24(21(29)17-27,19-7-3-2-4-8-19)25-22(30)23-9-5-12-28(23)13-6-10-23/h2-4,7-8,15,21,29H,5-6,9-14,16-17H2,1H3,(H,25,30)/t21-,24-/m1/s1. The van der Waals surface area contributed by atoms with Gasteiger partial charge in [0.25, 0.3) is 0 Å². The number of fused-ring (bicyclic) bond motifs is 1. The van der Waals surface area contributed by atoms with Crippen molar-refractivity contribution in [3.8, 4) is 0 Å². The van der Waals surface area contributed by atoms with Gasteiger partial charge in [0.1, 0.15) is 11.3 Å². The fourth-order valence-corrected chi connectivity index (χ4v) is 5.94. The Labute approximate surface area is 183 Å². The summed E-state index contributed by atoms with van der Waals surface area (Å²) in [5, 5.41) is 18.9. The van der Waals surface area contributed by atoms with Crippen LogP contribution in [0.5, 0.6) is 0 Å². The van der Waals surface area contributed by atoms with Crippen molar-refractivity contribution in [3.63, 3.8) is 0 Å². The van der Waals surface area contributed by atoms with Crippen LogP contribution in [0.15, 0.2) is 40.9 Å². The van der Waals surface area contributed by atoms with E-state index < -0.39 is 17.2 Å². The molecule has 2 N–H and O–H groups in total. The summed E-state index contributed by atoms with van der Waals surface area (Å²) < 4.78 is 5.19. The molecule has 0 bridgehead atoms. The zero-order chi connectivity index (χ0) is 21.5. The summed E-state index contributed by atoms with van der Waals surface area (Å²) in [7, 11) is 0. The van der Waals surface area contributed by atoms with E-state index >= 15 is 0 Å². The van der Waals surface area contributed by atoms with Crippen LogP contribution >= 0.6 is 0 Å². The summed E-state index contributed by atoms with van der Waals surface area (Å²) in [6, 6.07) is 11.9. The van der Waals surface area contributed by atoms with Crippen molar-refractivity contribution in [2.45, 2.75) is 62.8 Å². The van der Waals surface area contributed by atoms with Gasteiger partial charge in [-0.05, 0) is 57.7 Å². The van der Waals surface area contributed by atoms with Gasteiger partial charge in [-0.15, -0.1) is 0 Å². The average Bonchev–Trinajstić information content (AvgIpc) is 3.47. The number of aromatic nitrogens is 1. The number of benzene rings is 1. The molecule has 0 unspecified atom stereocenters. The van der Waals surface area contributed by atoms with Gasteiger partial charge in [0.2, 0.25) is 5.91 Å². The second-order valence-corrected chi connectivity index (χ2v) is 9.45. The molecule has 1 aromatic heterocycles. The minimum Gasteiger partial charge on any atom is -0.389 e. The maximum absolute atomic E-state index is 13.7. The smallest absolute Gasteiger partial charge is 0.241 e. The van der Waals surface area contributed by atoms with Crippen LogP contribution in [0.3, 0.4) is 0 Å². The maximum atomic E-state index is 13.7. The molecule has 2 atom stereocenters. The van der Waals surface area contributed by atoms with Crippen LogP contribution in [0, 0.1) is 6.92 Å². The van der Waals surface area contributed by atoms with Crippen LogP contribution in [-0.2, 0) is 16.9 Å². The summed E-state index contributed by atoms with van der Waals surface area (Å²) in [6.45, 7) is 5.74. The summed E-state index contributed by atoms with van der Waals surface area (Å²) in [6.07, 6.45) is 3.90. The van der Waals surface area contributed by atoms with Crippen molar-refractivity contribution < 1.29 is 14.4 Å². The number of hydrogen-bond acceptors (Lipinski definition) is 6. The lowest BCUT2D eigenvalue weighted by Gasteiger charge is -2.48. The Balaban J connectivity index is 1.39. The predicted molar refractivity (Wildman–Crippen MR) is 116 cm³/mol. The number of hydrogen-bond donors (Lipinski definition) is 2. The van der Waals surface area contributed by atoms with Gasteiger partial charge in [0, 0.05) is 25.7 Å². The first kappa shape index (κ1) is 20.7. The van der Waals surface area contributed by atoms with Crippen molar-refractivity contribution in [1.29, 1.82) is 0 Å². The van der Waals surface area contributed by atoms with Gasteiger partial charge in [-0.3, -0.25) is 14.6 Å². The summed E-state index contributed by atoms with van der Waals surface area (Å²) >= 11 is 0. The molecule has 166 valence electrons. The van der Waals surface area contributed by atoms with Crippen LogP contribution in [0.2, 0.25) is 0 Å². The van der Waals surface area contributed by atoms with Gasteiger partial charge < -0.3 is 14.9 Å². The largest absolute Gasteiger partial charge is 0.389 e. The Hall–Kier alpha value is -2.22. The summed E-state index contributed by atoms with van der Waals surface area (Å²) in [4.78, 5) is 18.3. The van der Waals surface area contributed by atoms with Crippen LogP contribution < -0.4 is 5.32 Å². The van der Waals surface area contributed by atoms with Crippen molar-refractivity contribution >= 4 is 5.91 Å². The van der Waals surface area contributed by atoms with E-state index in [1.807, 2.05) is 43.3 Å². The quantitative estimate of drug-likeness (QED) is 0.766. The van der Waals surface area contributed by atoms with Crippen LogP contribution in [-0.4, -0.2) is 63.8 Å². The lowest BCUT2D eigenvalue weighted by atomic mass is 9.77. The molecule has 31 heavy (non-hydrogen) atoms. The number of rotatable bonds is 5. The van der Waals surface area contributed by atoms with Gasteiger partial charge in [0.05, 0.1) is 17.3 Å². The molecule has 3 aliphatic heterocycles. The zero-order valence-corrected chi connectivity index (χ0v) is 18.2. The lowest BCUT2D eigenvalue weighted by molar-refractivity contribution is -0.136. The van der Waals surface area contributed by atoms with Gasteiger partial charge in [0.15, 0.2) is 0 Å².